The molecule has 2 aromatic rings. The minimum atomic E-state index is -0.245. The number of allylic oxidation sites excluding steroid dienone is 2. The third-order valence-corrected chi connectivity index (χ3v) is 3.99. The van der Waals surface area contributed by atoms with Gasteiger partial charge in [-0.05, 0) is 44.4 Å². The van der Waals surface area contributed by atoms with E-state index in [9.17, 15) is 0 Å². The van der Waals surface area contributed by atoms with Gasteiger partial charge in [0, 0.05) is 5.02 Å². The summed E-state index contributed by atoms with van der Waals surface area (Å²) in [5.74, 6) is 0.877. The smallest absolute Gasteiger partial charge is 0.275 e. The molecule has 1 saturated carbocycles. The van der Waals surface area contributed by atoms with Crippen molar-refractivity contribution in [3.05, 3.63) is 58.2 Å². The zero-order valence-corrected chi connectivity index (χ0v) is 12.7. The first kappa shape index (κ1) is 14.0. The lowest BCUT2D eigenvalue weighted by Gasteiger charge is -2.12. The van der Waals surface area contributed by atoms with Crippen molar-refractivity contribution in [2.24, 2.45) is 0 Å². The van der Waals surface area contributed by atoms with E-state index >= 15 is 0 Å². The van der Waals surface area contributed by atoms with Crippen LogP contribution in [0.3, 0.4) is 0 Å². The maximum absolute atomic E-state index is 7.95. The molecule has 3 rings (SSSR count). The standard InChI is InChI=1S/C16H16ClN3O/c1-10(2)9-13(18)14-19-15(20-21-14)16(7-8-16)11-5-3-4-6-12(11)17/h3-6,9,18H,7-8H2,1-2H3. The maximum Gasteiger partial charge on any atom is 0.275 e. The van der Waals surface area contributed by atoms with Crippen molar-refractivity contribution in [2.75, 3.05) is 0 Å². The Morgan fingerprint density at radius 1 is 1.33 bits per heavy atom. The van der Waals surface area contributed by atoms with E-state index in [1.54, 1.807) is 6.08 Å². The van der Waals surface area contributed by atoms with Gasteiger partial charge in [0.15, 0.2) is 5.82 Å². The molecule has 0 bridgehead atoms. The molecule has 0 amide bonds. The molecule has 108 valence electrons. The summed E-state index contributed by atoms with van der Waals surface area (Å²) >= 11 is 6.30. The average Bonchev–Trinajstić information content (AvgIpc) is 3.08. The minimum Gasteiger partial charge on any atom is -0.332 e. The van der Waals surface area contributed by atoms with Gasteiger partial charge in [0.2, 0.25) is 0 Å². The predicted octanol–water partition coefficient (Wildman–Crippen LogP) is 4.14. The highest BCUT2D eigenvalue weighted by atomic mass is 35.5. The molecule has 0 spiro atoms. The van der Waals surface area contributed by atoms with Gasteiger partial charge < -0.3 is 4.52 Å². The summed E-state index contributed by atoms with van der Waals surface area (Å²) in [6.07, 6.45) is 3.61. The second kappa shape index (κ2) is 5.11. The molecule has 1 aromatic carbocycles. The topological polar surface area (TPSA) is 62.8 Å². The summed E-state index contributed by atoms with van der Waals surface area (Å²) in [6, 6.07) is 7.76. The van der Waals surface area contributed by atoms with Crippen LogP contribution in [0.4, 0.5) is 0 Å². The summed E-state index contributed by atoms with van der Waals surface area (Å²) in [4.78, 5) is 4.41. The van der Waals surface area contributed by atoms with Crippen LogP contribution in [0.5, 0.6) is 0 Å². The molecule has 4 nitrogen and oxygen atoms in total. The molecule has 1 N–H and O–H groups in total. The van der Waals surface area contributed by atoms with Gasteiger partial charge in [0.25, 0.3) is 5.89 Å². The van der Waals surface area contributed by atoms with E-state index in [0.29, 0.717) is 5.82 Å². The van der Waals surface area contributed by atoms with Crippen LogP contribution in [0.2, 0.25) is 5.02 Å². The zero-order valence-electron chi connectivity index (χ0n) is 12.0. The van der Waals surface area contributed by atoms with Crippen LogP contribution in [0.25, 0.3) is 0 Å². The summed E-state index contributed by atoms with van der Waals surface area (Å²) in [5, 5.41) is 12.8. The van der Waals surface area contributed by atoms with E-state index in [4.69, 9.17) is 21.5 Å². The van der Waals surface area contributed by atoms with E-state index in [0.717, 1.165) is 29.0 Å². The Hall–Kier alpha value is -1.94. The highest BCUT2D eigenvalue weighted by Crippen LogP contribution is 2.54. The van der Waals surface area contributed by atoms with Crippen LogP contribution < -0.4 is 0 Å². The van der Waals surface area contributed by atoms with E-state index in [1.165, 1.54) is 0 Å². The number of halogens is 1. The van der Waals surface area contributed by atoms with Crippen LogP contribution in [0.1, 0.15) is 44.0 Å². The Bertz CT molecular complexity index is 725. The Labute approximate surface area is 128 Å². The van der Waals surface area contributed by atoms with Crippen LogP contribution in [0.15, 0.2) is 40.4 Å². The van der Waals surface area contributed by atoms with E-state index in [2.05, 4.69) is 10.1 Å². The lowest BCUT2D eigenvalue weighted by Crippen LogP contribution is -2.12. The van der Waals surface area contributed by atoms with Gasteiger partial charge in [0.1, 0.15) is 5.71 Å². The first-order chi connectivity index (χ1) is 10.0. The zero-order chi connectivity index (χ0) is 15.0. The average molecular weight is 302 g/mol. The quantitative estimate of drug-likeness (QED) is 0.863. The lowest BCUT2D eigenvalue weighted by molar-refractivity contribution is 0.400. The Morgan fingerprint density at radius 3 is 2.67 bits per heavy atom. The van der Waals surface area contributed by atoms with Crippen molar-refractivity contribution in [3.63, 3.8) is 0 Å². The number of rotatable bonds is 4. The summed E-state index contributed by atoms with van der Waals surface area (Å²) in [6.45, 7) is 3.86. The molecule has 21 heavy (non-hydrogen) atoms. The van der Waals surface area contributed by atoms with E-state index in [1.807, 2.05) is 38.1 Å². The first-order valence-corrected chi connectivity index (χ1v) is 7.24. The normalized spacial score (nSPS) is 15.6. The van der Waals surface area contributed by atoms with Crippen molar-refractivity contribution in [2.45, 2.75) is 32.1 Å². The first-order valence-electron chi connectivity index (χ1n) is 6.86. The van der Waals surface area contributed by atoms with Crippen LogP contribution in [-0.2, 0) is 5.41 Å². The third-order valence-electron chi connectivity index (χ3n) is 3.66. The van der Waals surface area contributed by atoms with Crippen molar-refractivity contribution in [1.82, 2.24) is 10.1 Å². The highest BCUT2D eigenvalue weighted by molar-refractivity contribution is 6.31. The fourth-order valence-electron chi connectivity index (χ4n) is 2.47. The molecule has 1 aliphatic rings. The molecule has 0 unspecified atom stereocenters. The molecule has 0 saturated heterocycles. The van der Waals surface area contributed by atoms with Crippen molar-refractivity contribution in [1.29, 1.82) is 5.41 Å². The Balaban J connectivity index is 1.95. The fourth-order valence-corrected chi connectivity index (χ4v) is 2.78. The number of hydrogen-bond donors (Lipinski definition) is 1. The highest BCUT2D eigenvalue weighted by Gasteiger charge is 2.51. The van der Waals surface area contributed by atoms with Gasteiger partial charge >= 0.3 is 0 Å². The van der Waals surface area contributed by atoms with E-state index in [-0.39, 0.29) is 17.0 Å². The number of aromatic nitrogens is 2. The number of nitrogens with one attached hydrogen (secondary N) is 1. The molecule has 0 radical (unpaired) electrons. The van der Waals surface area contributed by atoms with Gasteiger partial charge in [-0.3, -0.25) is 5.41 Å². The number of nitrogens with zero attached hydrogens (tertiary/aromatic N) is 2. The summed E-state index contributed by atoms with van der Waals surface area (Å²) in [7, 11) is 0. The fraction of sp³-hybridized carbons (Fsp3) is 0.312. The van der Waals surface area contributed by atoms with Gasteiger partial charge in [0.05, 0.1) is 5.41 Å². The summed E-state index contributed by atoms with van der Waals surface area (Å²) in [5.41, 5.74) is 2.05. The Kier molecular flexibility index (Phi) is 3.41. The van der Waals surface area contributed by atoms with Gasteiger partial charge in [-0.15, -0.1) is 0 Å². The monoisotopic (exact) mass is 301 g/mol. The maximum atomic E-state index is 7.95. The SMILES string of the molecule is CC(C)=CC(=N)c1nc(C2(c3ccccc3Cl)CC2)no1. The molecule has 0 atom stereocenters. The molecule has 1 fully saturated rings. The molecule has 1 heterocycles. The predicted molar refractivity (Wildman–Crippen MR) is 82.0 cm³/mol. The molecule has 5 heteroatoms. The lowest BCUT2D eigenvalue weighted by atomic mass is 9.95. The molecule has 1 aliphatic carbocycles. The van der Waals surface area contributed by atoms with Gasteiger partial charge in [-0.25, -0.2) is 0 Å². The van der Waals surface area contributed by atoms with Crippen LogP contribution in [-0.4, -0.2) is 15.9 Å². The van der Waals surface area contributed by atoms with Crippen molar-refractivity contribution < 1.29 is 4.52 Å². The van der Waals surface area contributed by atoms with Crippen LogP contribution >= 0.6 is 11.6 Å². The van der Waals surface area contributed by atoms with Crippen molar-refractivity contribution in [3.8, 4) is 0 Å². The second-order valence-electron chi connectivity index (χ2n) is 5.62. The summed E-state index contributed by atoms with van der Waals surface area (Å²) < 4.78 is 5.24. The molecule has 0 aliphatic heterocycles. The van der Waals surface area contributed by atoms with E-state index < -0.39 is 0 Å². The third kappa shape index (κ3) is 2.51. The molecular formula is C16H16ClN3O. The molecular weight excluding hydrogens is 286 g/mol. The van der Waals surface area contributed by atoms with Crippen molar-refractivity contribution >= 4 is 17.3 Å². The minimum absolute atomic E-state index is 0.240. The number of hydrogen-bond acceptors (Lipinski definition) is 4. The second-order valence-corrected chi connectivity index (χ2v) is 6.03. The molecule has 1 aromatic heterocycles. The van der Waals surface area contributed by atoms with Gasteiger partial charge in [-0.2, -0.15) is 4.98 Å². The van der Waals surface area contributed by atoms with Gasteiger partial charge in [-0.1, -0.05) is 40.5 Å². The number of benzene rings is 1. The van der Waals surface area contributed by atoms with Crippen LogP contribution in [0, 0.1) is 5.41 Å². The largest absolute Gasteiger partial charge is 0.332 e. The Morgan fingerprint density at radius 2 is 2.05 bits per heavy atom.